The quantitative estimate of drug-likeness (QED) is 0.646. The highest BCUT2D eigenvalue weighted by Crippen LogP contribution is 2.12. The second kappa shape index (κ2) is 5.10. The molecule has 0 spiro atoms. The molecule has 0 saturated heterocycles. The molecule has 10 heavy (non-hydrogen) atoms. The summed E-state index contributed by atoms with van der Waals surface area (Å²) < 4.78 is 10.4. The van der Waals surface area contributed by atoms with Gasteiger partial charge in [-0.1, -0.05) is 15.9 Å². The van der Waals surface area contributed by atoms with Crippen LogP contribution in [0.2, 0.25) is 0 Å². The lowest BCUT2D eigenvalue weighted by Gasteiger charge is -2.24. The molecule has 0 aliphatic rings. The first kappa shape index (κ1) is 10.4. The van der Waals surface area contributed by atoms with E-state index in [1.54, 1.807) is 7.11 Å². The average molecular weight is 211 g/mol. The van der Waals surface area contributed by atoms with Gasteiger partial charge in [-0.15, -0.1) is 0 Å². The van der Waals surface area contributed by atoms with Crippen LogP contribution >= 0.6 is 15.9 Å². The van der Waals surface area contributed by atoms with E-state index in [0.29, 0.717) is 6.61 Å². The standard InChI is InChI=1S/C7H15BrO2/c1-4-10-6-7(2,5-8)9-3/h4-6H2,1-3H3. The summed E-state index contributed by atoms with van der Waals surface area (Å²) in [6.07, 6.45) is 0. The highest BCUT2D eigenvalue weighted by atomic mass is 79.9. The van der Waals surface area contributed by atoms with Crippen molar-refractivity contribution in [3.63, 3.8) is 0 Å². The van der Waals surface area contributed by atoms with Crippen molar-refractivity contribution in [2.45, 2.75) is 19.4 Å². The lowest BCUT2D eigenvalue weighted by atomic mass is 10.1. The Morgan fingerprint density at radius 2 is 2.10 bits per heavy atom. The van der Waals surface area contributed by atoms with Gasteiger partial charge in [-0.2, -0.15) is 0 Å². The molecule has 0 amide bonds. The van der Waals surface area contributed by atoms with E-state index in [0.717, 1.165) is 11.9 Å². The largest absolute Gasteiger partial charge is 0.379 e. The zero-order valence-corrected chi connectivity index (χ0v) is 8.40. The molecule has 0 saturated carbocycles. The van der Waals surface area contributed by atoms with Crippen LogP contribution in [-0.2, 0) is 9.47 Å². The Hall–Kier alpha value is 0.400. The highest BCUT2D eigenvalue weighted by Gasteiger charge is 2.21. The van der Waals surface area contributed by atoms with Crippen molar-refractivity contribution < 1.29 is 9.47 Å². The second-order valence-corrected chi connectivity index (χ2v) is 2.99. The smallest absolute Gasteiger partial charge is 0.0979 e. The van der Waals surface area contributed by atoms with E-state index in [1.165, 1.54) is 0 Å². The monoisotopic (exact) mass is 210 g/mol. The van der Waals surface area contributed by atoms with Gasteiger partial charge in [-0.25, -0.2) is 0 Å². The normalized spacial score (nSPS) is 16.8. The molecule has 0 rings (SSSR count). The van der Waals surface area contributed by atoms with Crippen LogP contribution in [-0.4, -0.2) is 31.3 Å². The van der Waals surface area contributed by atoms with E-state index in [2.05, 4.69) is 15.9 Å². The minimum absolute atomic E-state index is 0.171. The molecule has 0 fully saturated rings. The zero-order chi connectivity index (χ0) is 8.04. The Balaban J connectivity index is 3.58. The zero-order valence-electron chi connectivity index (χ0n) is 6.82. The molecule has 62 valence electrons. The summed E-state index contributed by atoms with van der Waals surface area (Å²) in [5, 5.41) is 0.802. The molecular weight excluding hydrogens is 196 g/mol. The number of halogens is 1. The maximum Gasteiger partial charge on any atom is 0.0979 e. The van der Waals surface area contributed by atoms with Gasteiger partial charge in [-0.3, -0.25) is 0 Å². The van der Waals surface area contributed by atoms with Crippen molar-refractivity contribution >= 4 is 15.9 Å². The number of alkyl halides is 1. The van der Waals surface area contributed by atoms with E-state index in [1.807, 2.05) is 13.8 Å². The molecule has 0 bridgehead atoms. The van der Waals surface area contributed by atoms with E-state index in [4.69, 9.17) is 9.47 Å². The summed E-state index contributed by atoms with van der Waals surface area (Å²) in [7, 11) is 1.69. The van der Waals surface area contributed by atoms with Gasteiger partial charge in [0, 0.05) is 19.0 Å². The summed E-state index contributed by atoms with van der Waals surface area (Å²) in [6.45, 7) is 5.37. The molecule has 1 unspecified atom stereocenters. The van der Waals surface area contributed by atoms with Crippen molar-refractivity contribution in [2.24, 2.45) is 0 Å². The van der Waals surface area contributed by atoms with Gasteiger partial charge in [0.2, 0.25) is 0 Å². The van der Waals surface area contributed by atoms with Gasteiger partial charge in [-0.05, 0) is 13.8 Å². The van der Waals surface area contributed by atoms with Crippen molar-refractivity contribution in [3.8, 4) is 0 Å². The van der Waals surface area contributed by atoms with Crippen LogP contribution in [0.5, 0.6) is 0 Å². The third-order valence-electron chi connectivity index (χ3n) is 1.39. The third-order valence-corrected chi connectivity index (χ3v) is 2.57. The summed E-state index contributed by atoms with van der Waals surface area (Å²) in [5.41, 5.74) is -0.171. The minimum Gasteiger partial charge on any atom is -0.379 e. The van der Waals surface area contributed by atoms with Crippen LogP contribution in [0, 0.1) is 0 Å². The molecule has 0 aromatic rings. The molecule has 0 aromatic heterocycles. The molecule has 1 atom stereocenters. The predicted molar refractivity (Wildman–Crippen MR) is 45.7 cm³/mol. The summed E-state index contributed by atoms with van der Waals surface area (Å²) in [6, 6.07) is 0. The molecule has 0 N–H and O–H groups in total. The summed E-state index contributed by atoms with van der Waals surface area (Å²) in [4.78, 5) is 0. The van der Waals surface area contributed by atoms with Gasteiger partial charge in [0.15, 0.2) is 0 Å². The first-order valence-corrected chi connectivity index (χ1v) is 4.49. The van der Waals surface area contributed by atoms with Gasteiger partial charge >= 0.3 is 0 Å². The van der Waals surface area contributed by atoms with Gasteiger partial charge in [0.1, 0.15) is 0 Å². The van der Waals surface area contributed by atoms with Crippen LogP contribution in [0.1, 0.15) is 13.8 Å². The SMILES string of the molecule is CCOCC(C)(CBr)OC. The number of hydrogen-bond acceptors (Lipinski definition) is 2. The van der Waals surface area contributed by atoms with E-state index in [-0.39, 0.29) is 5.60 Å². The number of methoxy groups -OCH3 is 1. The Labute approximate surface area is 71.0 Å². The first-order chi connectivity index (χ1) is 4.68. The first-order valence-electron chi connectivity index (χ1n) is 3.37. The Bertz CT molecular complexity index is 81.7. The van der Waals surface area contributed by atoms with Gasteiger partial charge < -0.3 is 9.47 Å². The van der Waals surface area contributed by atoms with Crippen molar-refractivity contribution in [2.75, 3.05) is 25.7 Å². The Morgan fingerprint density at radius 1 is 1.50 bits per heavy atom. The number of hydrogen-bond donors (Lipinski definition) is 0. The van der Waals surface area contributed by atoms with Crippen LogP contribution < -0.4 is 0 Å². The summed E-state index contributed by atoms with van der Waals surface area (Å²) in [5.74, 6) is 0. The van der Waals surface area contributed by atoms with Crippen molar-refractivity contribution in [1.82, 2.24) is 0 Å². The Morgan fingerprint density at radius 3 is 2.40 bits per heavy atom. The fraction of sp³-hybridized carbons (Fsp3) is 1.00. The molecule has 0 aliphatic heterocycles. The van der Waals surface area contributed by atoms with E-state index in [9.17, 15) is 0 Å². The molecule has 0 radical (unpaired) electrons. The van der Waals surface area contributed by atoms with Crippen molar-refractivity contribution in [3.05, 3.63) is 0 Å². The van der Waals surface area contributed by atoms with Crippen LogP contribution in [0.25, 0.3) is 0 Å². The Kier molecular flexibility index (Phi) is 5.31. The lowest BCUT2D eigenvalue weighted by molar-refractivity contribution is -0.0437. The maximum atomic E-state index is 5.23. The minimum atomic E-state index is -0.171. The fourth-order valence-electron chi connectivity index (χ4n) is 0.470. The van der Waals surface area contributed by atoms with Crippen LogP contribution in [0.15, 0.2) is 0 Å². The van der Waals surface area contributed by atoms with Crippen LogP contribution in [0.3, 0.4) is 0 Å². The average Bonchev–Trinajstić information content (AvgIpc) is 2.00. The molecule has 0 heterocycles. The number of rotatable bonds is 5. The summed E-state index contributed by atoms with van der Waals surface area (Å²) >= 11 is 3.36. The molecule has 2 nitrogen and oxygen atoms in total. The maximum absolute atomic E-state index is 5.23. The molecule has 0 aromatic carbocycles. The highest BCUT2D eigenvalue weighted by molar-refractivity contribution is 9.09. The van der Waals surface area contributed by atoms with Crippen LogP contribution in [0.4, 0.5) is 0 Å². The van der Waals surface area contributed by atoms with Crippen molar-refractivity contribution in [1.29, 1.82) is 0 Å². The third kappa shape index (κ3) is 3.54. The number of ether oxygens (including phenoxy) is 2. The predicted octanol–water partition coefficient (Wildman–Crippen LogP) is 1.82. The van der Waals surface area contributed by atoms with E-state index >= 15 is 0 Å². The lowest BCUT2D eigenvalue weighted by Crippen LogP contribution is -2.35. The van der Waals surface area contributed by atoms with Gasteiger partial charge in [0.25, 0.3) is 0 Å². The molecule has 0 aliphatic carbocycles. The van der Waals surface area contributed by atoms with Gasteiger partial charge in [0.05, 0.1) is 12.2 Å². The molecule has 3 heteroatoms. The molecular formula is C7H15BrO2. The van der Waals surface area contributed by atoms with E-state index < -0.39 is 0 Å². The second-order valence-electron chi connectivity index (χ2n) is 2.42. The fourth-order valence-corrected chi connectivity index (χ4v) is 0.861. The topological polar surface area (TPSA) is 18.5 Å².